The third-order valence-electron chi connectivity index (χ3n) is 9.09. The highest BCUT2D eigenvalue weighted by Gasteiger charge is 2.79. The zero-order valence-corrected chi connectivity index (χ0v) is 16.7. The van der Waals surface area contributed by atoms with Crippen molar-refractivity contribution in [3.63, 3.8) is 0 Å². The Morgan fingerprint density at radius 3 is 2.77 bits per heavy atom. The Kier molecular flexibility index (Phi) is 3.04. The van der Waals surface area contributed by atoms with Gasteiger partial charge in [-0.3, -0.25) is 0 Å². The lowest BCUT2D eigenvalue weighted by atomic mass is 9.54. The van der Waals surface area contributed by atoms with Crippen molar-refractivity contribution < 1.29 is 14.2 Å². The van der Waals surface area contributed by atoms with Crippen molar-refractivity contribution in [2.75, 3.05) is 13.2 Å². The minimum absolute atomic E-state index is 0.0153. The van der Waals surface area contributed by atoms with Crippen molar-refractivity contribution in [1.29, 1.82) is 0 Å². The molecule has 6 atom stereocenters. The fraction of sp³-hybridized carbons (Fsp3) is 0.913. The molecule has 0 amide bonds. The van der Waals surface area contributed by atoms with Crippen LogP contribution in [-0.2, 0) is 14.2 Å². The van der Waals surface area contributed by atoms with Crippen LogP contribution in [0.25, 0.3) is 0 Å². The van der Waals surface area contributed by atoms with E-state index in [0.29, 0.717) is 5.41 Å². The van der Waals surface area contributed by atoms with Crippen LogP contribution in [0.2, 0.25) is 0 Å². The average Bonchev–Trinajstić information content (AvgIpc) is 3.13. The summed E-state index contributed by atoms with van der Waals surface area (Å²) in [6.45, 7) is 8.63. The highest BCUT2D eigenvalue weighted by Crippen LogP contribution is 2.73. The van der Waals surface area contributed by atoms with Gasteiger partial charge in [-0.1, -0.05) is 33.3 Å². The van der Waals surface area contributed by atoms with Crippen molar-refractivity contribution in [3.05, 3.63) is 11.6 Å². The van der Waals surface area contributed by atoms with E-state index in [1.165, 1.54) is 38.5 Å². The van der Waals surface area contributed by atoms with Gasteiger partial charge in [0.2, 0.25) is 0 Å². The summed E-state index contributed by atoms with van der Waals surface area (Å²) < 4.78 is 19.4. The van der Waals surface area contributed by atoms with Gasteiger partial charge in [-0.25, -0.2) is 0 Å². The van der Waals surface area contributed by atoms with Crippen LogP contribution in [0.5, 0.6) is 0 Å². The van der Waals surface area contributed by atoms with Crippen LogP contribution in [0, 0.1) is 22.7 Å². The topological polar surface area (TPSA) is 31.0 Å². The van der Waals surface area contributed by atoms with Crippen molar-refractivity contribution >= 4 is 0 Å². The van der Waals surface area contributed by atoms with Gasteiger partial charge in [0, 0.05) is 18.3 Å². The Bertz CT molecular complexity index is 671. The number of allylic oxidation sites excluding steroid dienone is 1. The first-order valence-electron chi connectivity index (χ1n) is 11.0. The molecule has 0 aromatic carbocycles. The SMILES string of the molecule is CC1(C)COC2(CC[C@]34O[C@]3(CC[C@@H]3C4=CC[C@]4(C)CCC[C@@H]34)C2)[17O]C1. The van der Waals surface area contributed by atoms with Gasteiger partial charge >= 0.3 is 0 Å². The zero-order valence-electron chi connectivity index (χ0n) is 16.7. The first-order valence-corrected chi connectivity index (χ1v) is 11.0. The minimum atomic E-state index is -0.376. The number of rotatable bonds is 0. The summed E-state index contributed by atoms with van der Waals surface area (Å²) >= 11 is 0. The van der Waals surface area contributed by atoms with E-state index < -0.39 is 0 Å². The number of hydrogen-bond acceptors (Lipinski definition) is 3. The molecule has 0 bridgehead atoms. The van der Waals surface area contributed by atoms with E-state index in [2.05, 4.69) is 26.8 Å². The normalized spacial score (nSPS) is 56.8. The lowest BCUT2D eigenvalue weighted by molar-refractivity contribution is -0.313. The number of fused-ring (bicyclic) bond motifs is 3. The van der Waals surface area contributed by atoms with Gasteiger partial charge in [0.1, 0.15) is 11.2 Å². The van der Waals surface area contributed by atoms with Gasteiger partial charge < -0.3 is 14.2 Å². The molecule has 0 radical (unpaired) electrons. The summed E-state index contributed by atoms with van der Waals surface area (Å²) in [5.41, 5.74) is 2.46. The predicted molar refractivity (Wildman–Crippen MR) is 99.7 cm³/mol. The summed E-state index contributed by atoms with van der Waals surface area (Å²) in [6, 6.07) is 0. The Morgan fingerprint density at radius 2 is 1.96 bits per heavy atom. The van der Waals surface area contributed by atoms with Crippen molar-refractivity contribution in [2.24, 2.45) is 22.7 Å². The maximum Gasteiger partial charge on any atom is 0.171 e. The van der Waals surface area contributed by atoms with Gasteiger partial charge in [-0.2, -0.15) is 0 Å². The molecule has 0 aromatic heterocycles. The summed E-state index contributed by atoms with van der Waals surface area (Å²) in [4.78, 5) is 0. The molecule has 26 heavy (non-hydrogen) atoms. The summed E-state index contributed by atoms with van der Waals surface area (Å²) in [7, 11) is 0. The van der Waals surface area contributed by atoms with Gasteiger partial charge in [-0.05, 0) is 61.3 Å². The summed E-state index contributed by atoms with van der Waals surface area (Å²) in [6.07, 6.45) is 13.8. The smallest absolute Gasteiger partial charge is 0.171 e. The maximum atomic E-state index is 6.72. The molecule has 2 saturated heterocycles. The molecule has 1 spiro atoms. The summed E-state index contributed by atoms with van der Waals surface area (Å²) in [5.74, 6) is 1.31. The second kappa shape index (κ2) is 4.78. The Morgan fingerprint density at radius 1 is 1.08 bits per heavy atom. The third-order valence-corrected chi connectivity index (χ3v) is 9.09. The van der Waals surface area contributed by atoms with Crippen LogP contribution in [0.1, 0.15) is 78.6 Å². The van der Waals surface area contributed by atoms with E-state index in [4.69, 9.17) is 14.2 Å². The zero-order chi connectivity index (χ0) is 17.8. The van der Waals surface area contributed by atoms with Crippen molar-refractivity contribution in [3.8, 4) is 0 Å². The number of epoxide rings is 1. The molecule has 144 valence electrons. The van der Waals surface area contributed by atoms with Crippen LogP contribution >= 0.6 is 0 Å². The standard InChI is InChI=1S/C23H34O3/c1-19(2)14-24-22(25-15-19)11-12-23-18-7-9-20(3)8-4-5-17(20)16(18)6-10-21(23,13-22)26-23/h7,16-17H,4-6,8-15H2,1-3H3/t16-,17-,20-,21+,23+/m0/s1/i24+1/t16-,17-,20-,21+,22?,23+. The van der Waals surface area contributed by atoms with E-state index in [9.17, 15) is 0 Å². The monoisotopic (exact) mass is 359 g/mol. The van der Waals surface area contributed by atoms with Crippen molar-refractivity contribution in [1.82, 2.24) is 0 Å². The quantitative estimate of drug-likeness (QED) is 0.451. The number of ether oxygens (including phenoxy) is 3. The average molecular weight is 360 g/mol. The minimum Gasteiger partial charge on any atom is -0.358 e. The van der Waals surface area contributed by atoms with Crippen LogP contribution < -0.4 is 0 Å². The molecule has 1 unspecified atom stereocenters. The van der Waals surface area contributed by atoms with Gasteiger partial charge in [0.25, 0.3) is 0 Å². The molecule has 2 heterocycles. The Labute approximate surface area is 157 Å². The van der Waals surface area contributed by atoms with Crippen molar-refractivity contribution in [2.45, 2.75) is 95.5 Å². The molecule has 0 aromatic rings. The van der Waals surface area contributed by atoms with Crippen LogP contribution in [0.4, 0.5) is 0 Å². The van der Waals surface area contributed by atoms with Gasteiger partial charge in [-0.15, -0.1) is 0 Å². The second-order valence-corrected chi connectivity index (χ2v) is 11.4. The van der Waals surface area contributed by atoms with Gasteiger partial charge in [0.15, 0.2) is 5.79 Å². The fourth-order valence-electron chi connectivity index (χ4n) is 7.57. The molecule has 0 N–H and O–H groups in total. The highest BCUT2D eigenvalue weighted by atomic mass is 17.4. The molecule has 6 rings (SSSR count). The first kappa shape index (κ1) is 16.6. The lowest BCUT2D eigenvalue weighted by Gasteiger charge is -2.51. The summed E-state index contributed by atoms with van der Waals surface area (Å²) in [5, 5.41) is 0. The molecular formula is C23H34O3. The largest absolute Gasteiger partial charge is 0.358 e. The van der Waals surface area contributed by atoms with Gasteiger partial charge in [0.05, 0.1) is 13.2 Å². The predicted octanol–water partition coefficient (Wildman–Crippen LogP) is 4.99. The van der Waals surface area contributed by atoms with E-state index >= 15 is 0 Å². The third kappa shape index (κ3) is 1.96. The highest BCUT2D eigenvalue weighted by molar-refractivity contribution is 5.42. The number of hydrogen-bond donors (Lipinski definition) is 0. The second-order valence-electron chi connectivity index (χ2n) is 11.4. The van der Waals surface area contributed by atoms with Crippen LogP contribution in [0.3, 0.4) is 0 Å². The van der Waals surface area contributed by atoms with E-state index in [-0.39, 0.29) is 22.4 Å². The molecule has 3 heteroatoms. The van der Waals surface area contributed by atoms with E-state index in [1.54, 1.807) is 5.57 Å². The Balaban J connectivity index is 1.29. The maximum absolute atomic E-state index is 6.72. The molecule has 3 nitrogen and oxygen atoms in total. The Hall–Kier alpha value is -0.380. The first-order chi connectivity index (χ1) is 12.3. The fourth-order valence-corrected chi connectivity index (χ4v) is 7.57. The molecule has 5 fully saturated rings. The molecule has 6 aliphatic rings. The van der Waals surface area contributed by atoms with E-state index in [0.717, 1.165) is 44.3 Å². The van der Waals surface area contributed by atoms with E-state index in [1.807, 2.05) is 0 Å². The molecule has 2 aliphatic heterocycles. The molecule has 3 saturated carbocycles. The molecule has 4 aliphatic carbocycles. The van der Waals surface area contributed by atoms with Crippen LogP contribution in [-0.4, -0.2) is 30.2 Å². The molecular weight excluding hydrogens is 325 g/mol. The van der Waals surface area contributed by atoms with Crippen LogP contribution in [0.15, 0.2) is 11.6 Å². The lowest BCUT2D eigenvalue weighted by Crippen LogP contribution is -2.56.